The first-order valence-electron chi connectivity index (χ1n) is 8.38. The highest BCUT2D eigenvalue weighted by Gasteiger charge is 2.06. The van der Waals surface area contributed by atoms with Crippen LogP contribution in [0.3, 0.4) is 0 Å². The molecule has 0 aliphatic heterocycles. The predicted octanol–water partition coefficient (Wildman–Crippen LogP) is 1.79. The maximum Gasteiger partial charge on any atom is 0.123 e. The van der Waals surface area contributed by atoms with Crippen molar-refractivity contribution in [2.24, 2.45) is 0 Å². The molecule has 0 aliphatic carbocycles. The molecule has 0 spiro atoms. The summed E-state index contributed by atoms with van der Waals surface area (Å²) >= 11 is 0. The van der Waals surface area contributed by atoms with Gasteiger partial charge in [-0.05, 0) is 35.9 Å². The lowest BCUT2D eigenvalue weighted by Crippen LogP contribution is -2.06. The van der Waals surface area contributed by atoms with Gasteiger partial charge in [-0.2, -0.15) is 10.5 Å². The van der Waals surface area contributed by atoms with Crippen molar-refractivity contribution in [1.82, 2.24) is 0 Å². The summed E-state index contributed by atoms with van der Waals surface area (Å²) in [5.74, 6) is 1.62. The van der Waals surface area contributed by atoms with E-state index < -0.39 is 0 Å². The first kappa shape index (κ1) is 20.1. The van der Waals surface area contributed by atoms with Crippen LogP contribution in [0.15, 0.2) is 36.4 Å². The number of ether oxygens (including phenoxy) is 3. The van der Waals surface area contributed by atoms with E-state index in [1.165, 1.54) is 6.07 Å². The third kappa shape index (κ3) is 6.19. The molecule has 0 radical (unpaired) electrons. The summed E-state index contributed by atoms with van der Waals surface area (Å²) < 4.78 is 16.5. The van der Waals surface area contributed by atoms with Crippen LogP contribution in [0.5, 0.6) is 17.2 Å². The van der Waals surface area contributed by atoms with Crippen molar-refractivity contribution in [3.63, 3.8) is 0 Å². The van der Waals surface area contributed by atoms with Gasteiger partial charge in [0.2, 0.25) is 0 Å². The van der Waals surface area contributed by atoms with Gasteiger partial charge < -0.3 is 24.4 Å². The second-order valence-corrected chi connectivity index (χ2v) is 5.49. The molecular formula is C20H20N2O5. The Morgan fingerprint density at radius 1 is 0.704 bits per heavy atom. The Bertz CT molecular complexity index is 813. The van der Waals surface area contributed by atoms with E-state index in [2.05, 4.69) is 0 Å². The molecule has 0 amide bonds. The Hall–Kier alpha value is -3.26. The molecule has 0 fully saturated rings. The molecule has 0 saturated carbocycles. The van der Waals surface area contributed by atoms with Crippen molar-refractivity contribution in [2.75, 3.05) is 33.0 Å². The molecular weight excluding hydrogens is 348 g/mol. The van der Waals surface area contributed by atoms with E-state index in [1.54, 1.807) is 18.2 Å². The molecule has 2 rings (SSSR count). The number of nitriles is 2. The van der Waals surface area contributed by atoms with Gasteiger partial charge in [-0.25, -0.2) is 0 Å². The van der Waals surface area contributed by atoms with Gasteiger partial charge in [0, 0.05) is 12.5 Å². The molecule has 0 aliphatic rings. The number of aliphatic hydroxyl groups excluding tert-OH is 2. The lowest BCUT2D eigenvalue weighted by atomic mass is 10.1. The highest BCUT2D eigenvalue weighted by Crippen LogP contribution is 2.24. The molecule has 0 aromatic heterocycles. The largest absolute Gasteiger partial charge is 0.493 e. The second-order valence-electron chi connectivity index (χ2n) is 5.49. The molecule has 27 heavy (non-hydrogen) atoms. The molecule has 140 valence electrons. The molecule has 7 nitrogen and oxygen atoms in total. The zero-order valence-corrected chi connectivity index (χ0v) is 14.7. The normalized spacial score (nSPS) is 9.93. The van der Waals surface area contributed by atoms with Crippen LogP contribution in [0.2, 0.25) is 0 Å². The Labute approximate surface area is 157 Å². The van der Waals surface area contributed by atoms with Gasteiger partial charge in [0.05, 0.1) is 30.9 Å². The van der Waals surface area contributed by atoms with Crippen molar-refractivity contribution in [2.45, 2.75) is 6.42 Å². The maximum absolute atomic E-state index is 9.06. The number of nitrogens with zero attached hydrogens (tertiary/aromatic N) is 2. The minimum Gasteiger partial charge on any atom is -0.493 e. The molecule has 0 unspecified atom stereocenters. The van der Waals surface area contributed by atoms with E-state index in [4.69, 9.17) is 34.9 Å². The van der Waals surface area contributed by atoms with Crippen molar-refractivity contribution in [3.05, 3.63) is 53.1 Å². The fraction of sp³-hybridized carbons (Fsp3) is 0.300. The van der Waals surface area contributed by atoms with Gasteiger partial charge >= 0.3 is 0 Å². The Kier molecular flexibility index (Phi) is 7.92. The highest BCUT2D eigenvalue weighted by atomic mass is 16.5. The van der Waals surface area contributed by atoms with Crippen molar-refractivity contribution >= 4 is 0 Å². The Morgan fingerprint density at radius 2 is 1.30 bits per heavy atom. The zero-order valence-electron chi connectivity index (χ0n) is 14.7. The fourth-order valence-corrected chi connectivity index (χ4v) is 2.36. The zero-order chi connectivity index (χ0) is 19.5. The van der Waals surface area contributed by atoms with E-state index in [0.29, 0.717) is 35.8 Å². The molecule has 0 atom stereocenters. The van der Waals surface area contributed by atoms with Gasteiger partial charge in [-0.3, -0.25) is 0 Å². The van der Waals surface area contributed by atoms with E-state index in [-0.39, 0.29) is 32.0 Å². The van der Waals surface area contributed by atoms with Crippen LogP contribution in [0.4, 0.5) is 0 Å². The second kappa shape index (κ2) is 10.7. The third-order valence-corrected chi connectivity index (χ3v) is 3.55. The molecule has 7 heteroatoms. The SMILES string of the molecule is N#Cc1ccc(OCCc2cc(OCCO)cc(OCCO)c2)cc1C#N. The summed E-state index contributed by atoms with van der Waals surface area (Å²) in [5.41, 5.74) is 1.48. The summed E-state index contributed by atoms with van der Waals surface area (Å²) in [4.78, 5) is 0. The van der Waals surface area contributed by atoms with Gasteiger partial charge in [0.1, 0.15) is 42.6 Å². The number of rotatable bonds is 10. The maximum atomic E-state index is 9.06. The number of hydrogen-bond acceptors (Lipinski definition) is 7. The lowest BCUT2D eigenvalue weighted by molar-refractivity contribution is 0.194. The molecule has 0 heterocycles. The average molecular weight is 368 g/mol. The highest BCUT2D eigenvalue weighted by molar-refractivity contribution is 5.49. The van der Waals surface area contributed by atoms with Gasteiger partial charge in [-0.15, -0.1) is 0 Å². The van der Waals surface area contributed by atoms with E-state index >= 15 is 0 Å². The van der Waals surface area contributed by atoms with Crippen LogP contribution >= 0.6 is 0 Å². The average Bonchev–Trinajstić information content (AvgIpc) is 2.70. The minimum atomic E-state index is -0.0971. The van der Waals surface area contributed by atoms with Crippen molar-refractivity contribution in [3.8, 4) is 29.4 Å². The Morgan fingerprint density at radius 3 is 1.85 bits per heavy atom. The smallest absolute Gasteiger partial charge is 0.123 e. The summed E-state index contributed by atoms with van der Waals surface area (Å²) in [6, 6.07) is 14.0. The van der Waals surface area contributed by atoms with Gasteiger partial charge in [0.15, 0.2) is 0 Å². The van der Waals surface area contributed by atoms with Gasteiger partial charge in [0.25, 0.3) is 0 Å². The van der Waals surface area contributed by atoms with Crippen LogP contribution in [-0.2, 0) is 6.42 Å². The Balaban J connectivity index is 2.03. The van der Waals surface area contributed by atoms with Crippen LogP contribution in [0, 0.1) is 22.7 Å². The minimum absolute atomic E-state index is 0.0971. The molecule has 0 saturated heterocycles. The van der Waals surface area contributed by atoms with Crippen LogP contribution in [0.25, 0.3) is 0 Å². The summed E-state index contributed by atoms with van der Waals surface area (Å²) in [7, 11) is 0. The molecule has 2 aromatic rings. The molecule has 2 N–H and O–H groups in total. The lowest BCUT2D eigenvalue weighted by Gasteiger charge is -2.12. The van der Waals surface area contributed by atoms with Crippen molar-refractivity contribution < 1.29 is 24.4 Å². The van der Waals surface area contributed by atoms with E-state index in [0.717, 1.165) is 5.56 Å². The standard InChI is InChI=1S/C20H20N2O5/c21-13-16-1-2-18(11-17(16)14-22)25-6-3-15-9-19(26-7-4-23)12-20(10-15)27-8-5-24/h1-2,9-12,23-24H,3-8H2. The van der Waals surface area contributed by atoms with E-state index in [9.17, 15) is 0 Å². The van der Waals surface area contributed by atoms with E-state index in [1.807, 2.05) is 24.3 Å². The fourth-order valence-electron chi connectivity index (χ4n) is 2.36. The van der Waals surface area contributed by atoms with Crippen molar-refractivity contribution in [1.29, 1.82) is 10.5 Å². The number of aliphatic hydroxyl groups is 2. The number of hydrogen-bond donors (Lipinski definition) is 2. The number of benzene rings is 2. The first-order valence-corrected chi connectivity index (χ1v) is 8.38. The van der Waals surface area contributed by atoms with Crippen LogP contribution in [0.1, 0.15) is 16.7 Å². The van der Waals surface area contributed by atoms with Crippen LogP contribution in [-0.4, -0.2) is 43.2 Å². The van der Waals surface area contributed by atoms with Gasteiger partial charge in [-0.1, -0.05) is 0 Å². The predicted molar refractivity (Wildman–Crippen MR) is 96.7 cm³/mol. The summed E-state index contributed by atoms with van der Waals surface area (Å²) in [6.07, 6.45) is 0.549. The third-order valence-electron chi connectivity index (χ3n) is 3.55. The monoisotopic (exact) mass is 368 g/mol. The topological polar surface area (TPSA) is 116 Å². The first-order chi connectivity index (χ1) is 13.2. The quantitative estimate of drug-likeness (QED) is 0.657. The van der Waals surface area contributed by atoms with Crippen LogP contribution < -0.4 is 14.2 Å². The summed E-state index contributed by atoms with van der Waals surface area (Å²) in [5, 5.41) is 35.8. The summed E-state index contributed by atoms with van der Waals surface area (Å²) in [6.45, 7) is 0.489. The molecule has 2 aromatic carbocycles. The molecule has 0 bridgehead atoms.